The van der Waals surface area contributed by atoms with Crippen molar-refractivity contribution in [1.82, 2.24) is 9.80 Å². The number of rotatable bonds is 11. The van der Waals surface area contributed by atoms with Crippen molar-refractivity contribution >= 4 is 5.91 Å². The maximum absolute atomic E-state index is 11.9. The number of hydrogen-bond donors (Lipinski definition) is 1. The van der Waals surface area contributed by atoms with Crippen molar-refractivity contribution in [2.75, 3.05) is 39.3 Å². The topological polar surface area (TPSA) is 49.6 Å². The number of unbranched alkanes of at least 4 members (excludes halogenated alkanes) is 1. The van der Waals surface area contributed by atoms with Crippen molar-refractivity contribution in [2.24, 2.45) is 5.73 Å². The van der Waals surface area contributed by atoms with Gasteiger partial charge in [0.05, 0.1) is 0 Å². The quantitative estimate of drug-likeness (QED) is 0.573. The van der Waals surface area contributed by atoms with Crippen molar-refractivity contribution < 1.29 is 4.79 Å². The summed E-state index contributed by atoms with van der Waals surface area (Å²) >= 11 is 0. The van der Waals surface area contributed by atoms with Gasteiger partial charge in [0, 0.05) is 19.5 Å². The summed E-state index contributed by atoms with van der Waals surface area (Å²) in [5.74, 6) is 0.283. The molecule has 0 aromatic heterocycles. The van der Waals surface area contributed by atoms with Crippen molar-refractivity contribution in [3.8, 4) is 0 Å². The zero-order valence-electron chi connectivity index (χ0n) is 12.5. The van der Waals surface area contributed by atoms with E-state index in [0.717, 1.165) is 52.0 Å². The summed E-state index contributed by atoms with van der Waals surface area (Å²) in [5.41, 5.74) is 5.44. The smallest absolute Gasteiger partial charge is 0.222 e. The number of nitrogens with two attached hydrogens (primary N) is 1. The number of carbonyl (C=O) groups is 1. The van der Waals surface area contributed by atoms with Crippen LogP contribution in [0.5, 0.6) is 0 Å². The third kappa shape index (κ3) is 7.67. The molecule has 0 aromatic rings. The van der Waals surface area contributed by atoms with Crippen LogP contribution < -0.4 is 5.73 Å². The summed E-state index contributed by atoms with van der Waals surface area (Å²) < 4.78 is 0. The minimum absolute atomic E-state index is 0.283. The molecule has 0 bridgehead atoms. The Bertz CT molecular complexity index is 205. The Morgan fingerprint density at radius 1 is 0.944 bits per heavy atom. The maximum atomic E-state index is 11.9. The Balaban J connectivity index is 3.84. The number of hydrogen-bond acceptors (Lipinski definition) is 3. The van der Waals surface area contributed by atoms with E-state index in [2.05, 4.69) is 25.7 Å². The van der Waals surface area contributed by atoms with Crippen molar-refractivity contribution in [1.29, 1.82) is 0 Å². The molecule has 0 rings (SSSR count). The van der Waals surface area contributed by atoms with E-state index in [1.54, 1.807) is 0 Å². The van der Waals surface area contributed by atoms with Crippen LogP contribution in [0.25, 0.3) is 0 Å². The van der Waals surface area contributed by atoms with Crippen LogP contribution in [0.4, 0.5) is 0 Å². The molecule has 0 radical (unpaired) electrons. The fourth-order valence-corrected chi connectivity index (χ4v) is 2.06. The fourth-order valence-electron chi connectivity index (χ4n) is 2.06. The summed E-state index contributed by atoms with van der Waals surface area (Å²) in [7, 11) is 0. The lowest BCUT2D eigenvalue weighted by molar-refractivity contribution is -0.131. The van der Waals surface area contributed by atoms with Crippen molar-refractivity contribution in [2.45, 2.75) is 46.5 Å². The van der Waals surface area contributed by atoms with Crippen LogP contribution in [0.3, 0.4) is 0 Å². The van der Waals surface area contributed by atoms with Gasteiger partial charge >= 0.3 is 0 Å². The first-order chi connectivity index (χ1) is 8.69. The average Bonchev–Trinajstić information content (AvgIpc) is 2.39. The van der Waals surface area contributed by atoms with Gasteiger partial charge in [0.2, 0.25) is 5.91 Å². The van der Waals surface area contributed by atoms with Crippen LogP contribution >= 0.6 is 0 Å². The molecule has 0 unspecified atom stereocenters. The van der Waals surface area contributed by atoms with Crippen molar-refractivity contribution in [3.63, 3.8) is 0 Å². The molecule has 0 fully saturated rings. The SMILES string of the molecule is CCN(CC)CCCN(CC)C(=O)CCCCN. The van der Waals surface area contributed by atoms with Gasteiger partial charge < -0.3 is 15.5 Å². The Labute approximate surface area is 113 Å². The number of carbonyl (C=O) groups excluding carboxylic acids is 1. The molecule has 4 nitrogen and oxygen atoms in total. The molecule has 0 heterocycles. The van der Waals surface area contributed by atoms with Gasteiger partial charge in [-0.2, -0.15) is 0 Å². The number of amides is 1. The second-order valence-electron chi connectivity index (χ2n) is 4.60. The second-order valence-corrected chi connectivity index (χ2v) is 4.60. The zero-order chi connectivity index (χ0) is 13.8. The van der Waals surface area contributed by atoms with Gasteiger partial charge in [0.15, 0.2) is 0 Å². The van der Waals surface area contributed by atoms with E-state index in [4.69, 9.17) is 5.73 Å². The van der Waals surface area contributed by atoms with Crippen LogP contribution in [-0.2, 0) is 4.79 Å². The molecular weight excluding hydrogens is 226 g/mol. The Morgan fingerprint density at radius 3 is 2.11 bits per heavy atom. The predicted octanol–water partition coefficient (Wildman–Crippen LogP) is 1.70. The van der Waals surface area contributed by atoms with Gasteiger partial charge in [-0.15, -0.1) is 0 Å². The van der Waals surface area contributed by atoms with Crippen LogP contribution in [0.2, 0.25) is 0 Å². The minimum Gasteiger partial charge on any atom is -0.343 e. The van der Waals surface area contributed by atoms with Gasteiger partial charge in [-0.1, -0.05) is 13.8 Å². The first-order valence-corrected chi connectivity index (χ1v) is 7.39. The van der Waals surface area contributed by atoms with E-state index < -0.39 is 0 Å². The molecule has 1 amide bonds. The summed E-state index contributed by atoms with van der Waals surface area (Å²) in [6, 6.07) is 0. The molecule has 0 aliphatic rings. The normalized spacial score (nSPS) is 10.9. The van der Waals surface area contributed by atoms with E-state index in [1.165, 1.54) is 0 Å². The molecular formula is C14H31N3O. The van der Waals surface area contributed by atoms with E-state index >= 15 is 0 Å². The standard InChI is InChI=1S/C14H31N3O/c1-4-16(5-2)12-9-13-17(6-3)14(18)10-7-8-11-15/h4-13,15H2,1-3H3. The van der Waals surface area contributed by atoms with Gasteiger partial charge in [-0.05, 0) is 52.4 Å². The van der Waals surface area contributed by atoms with E-state index in [-0.39, 0.29) is 5.91 Å². The first-order valence-electron chi connectivity index (χ1n) is 7.39. The third-order valence-electron chi connectivity index (χ3n) is 3.38. The van der Waals surface area contributed by atoms with E-state index in [9.17, 15) is 4.79 Å². The molecule has 4 heteroatoms. The molecule has 0 aliphatic heterocycles. The van der Waals surface area contributed by atoms with E-state index in [0.29, 0.717) is 13.0 Å². The van der Waals surface area contributed by atoms with Crippen LogP contribution in [0.1, 0.15) is 46.5 Å². The van der Waals surface area contributed by atoms with Gasteiger partial charge in [0.25, 0.3) is 0 Å². The van der Waals surface area contributed by atoms with Gasteiger partial charge in [-0.25, -0.2) is 0 Å². The second kappa shape index (κ2) is 11.5. The molecule has 0 spiro atoms. The highest BCUT2D eigenvalue weighted by atomic mass is 16.2. The molecule has 0 aromatic carbocycles. The van der Waals surface area contributed by atoms with Gasteiger partial charge in [-0.3, -0.25) is 4.79 Å². The summed E-state index contributed by atoms with van der Waals surface area (Å²) in [6.45, 7) is 12.1. The van der Waals surface area contributed by atoms with Gasteiger partial charge in [0.1, 0.15) is 0 Å². The lowest BCUT2D eigenvalue weighted by atomic mass is 10.2. The highest BCUT2D eigenvalue weighted by Gasteiger charge is 2.11. The molecule has 0 atom stereocenters. The molecule has 0 saturated carbocycles. The molecule has 108 valence electrons. The fraction of sp³-hybridized carbons (Fsp3) is 0.929. The van der Waals surface area contributed by atoms with E-state index in [1.807, 2.05) is 4.90 Å². The Morgan fingerprint density at radius 2 is 1.61 bits per heavy atom. The lowest BCUT2D eigenvalue weighted by Crippen LogP contribution is -2.34. The van der Waals surface area contributed by atoms with Crippen LogP contribution in [-0.4, -0.2) is 55.0 Å². The average molecular weight is 257 g/mol. The number of nitrogens with zero attached hydrogens (tertiary/aromatic N) is 2. The first kappa shape index (κ1) is 17.4. The monoisotopic (exact) mass is 257 g/mol. The summed E-state index contributed by atoms with van der Waals surface area (Å²) in [6.07, 6.45) is 3.58. The molecule has 2 N–H and O–H groups in total. The Hall–Kier alpha value is -0.610. The molecule has 0 saturated heterocycles. The Kier molecular flexibility index (Phi) is 11.1. The molecule has 18 heavy (non-hydrogen) atoms. The van der Waals surface area contributed by atoms with Crippen molar-refractivity contribution in [3.05, 3.63) is 0 Å². The lowest BCUT2D eigenvalue weighted by Gasteiger charge is -2.23. The summed E-state index contributed by atoms with van der Waals surface area (Å²) in [4.78, 5) is 16.3. The highest BCUT2D eigenvalue weighted by Crippen LogP contribution is 2.02. The predicted molar refractivity (Wildman–Crippen MR) is 77.6 cm³/mol. The highest BCUT2D eigenvalue weighted by molar-refractivity contribution is 5.76. The maximum Gasteiger partial charge on any atom is 0.222 e. The summed E-state index contributed by atoms with van der Waals surface area (Å²) in [5, 5.41) is 0. The van der Waals surface area contributed by atoms with Crippen LogP contribution in [0.15, 0.2) is 0 Å². The largest absolute Gasteiger partial charge is 0.343 e. The van der Waals surface area contributed by atoms with Crippen LogP contribution in [0, 0.1) is 0 Å². The zero-order valence-corrected chi connectivity index (χ0v) is 12.5. The molecule has 0 aliphatic carbocycles. The third-order valence-corrected chi connectivity index (χ3v) is 3.38. The minimum atomic E-state index is 0.283.